The van der Waals surface area contributed by atoms with Gasteiger partial charge in [0.1, 0.15) is 11.5 Å². The van der Waals surface area contributed by atoms with Crippen molar-refractivity contribution in [3.63, 3.8) is 0 Å². The van der Waals surface area contributed by atoms with E-state index in [4.69, 9.17) is 0 Å². The number of hydrogen-bond acceptors (Lipinski definition) is 2. The van der Waals surface area contributed by atoms with Crippen molar-refractivity contribution in [3.8, 4) is 0 Å². The number of halogens is 3. The Morgan fingerprint density at radius 2 is 1.88 bits per heavy atom. The lowest BCUT2D eigenvalue weighted by molar-refractivity contribution is -0.141. The van der Waals surface area contributed by atoms with Gasteiger partial charge in [-0.05, 0) is 30.9 Å². The van der Waals surface area contributed by atoms with Crippen LogP contribution in [-0.4, -0.2) is 18.1 Å². The zero-order valence-electron chi connectivity index (χ0n) is 9.67. The molecule has 0 aliphatic carbocycles. The predicted octanol–water partition coefficient (Wildman–Crippen LogP) is 3.34. The zero-order chi connectivity index (χ0) is 12.5. The zero-order valence-corrected chi connectivity index (χ0v) is 9.67. The third kappa shape index (κ3) is 2.90. The molecule has 1 aliphatic heterocycles. The monoisotopic (exact) mass is 244 g/mol. The summed E-state index contributed by atoms with van der Waals surface area (Å²) < 4.78 is 37.5. The first-order chi connectivity index (χ1) is 7.97. The predicted molar refractivity (Wildman–Crippen MR) is 59.9 cm³/mol. The summed E-state index contributed by atoms with van der Waals surface area (Å²) in [5.74, 6) is 1.09. The van der Waals surface area contributed by atoms with Crippen molar-refractivity contribution in [1.82, 2.24) is 4.98 Å². The molecule has 1 aromatic heterocycles. The van der Waals surface area contributed by atoms with Crippen LogP contribution in [0.15, 0.2) is 18.2 Å². The molecule has 94 valence electrons. The van der Waals surface area contributed by atoms with E-state index in [1.165, 1.54) is 6.07 Å². The summed E-state index contributed by atoms with van der Waals surface area (Å²) in [7, 11) is 0. The molecule has 0 aromatic carbocycles. The van der Waals surface area contributed by atoms with Crippen LogP contribution in [0.2, 0.25) is 0 Å². The molecule has 1 aliphatic rings. The number of pyridine rings is 1. The third-order valence-electron chi connectivity index (χ3n) is 3.13. The fraction of sp³-hybridized carbons (Fsp3) is 0.583. The molecule has 0 saturated carbocycles. The van der Waals surface area contributed by atoms with Gasteiger partial charge in [0.2, 0.25) is 0 Å². The van der Waals surface area contributed by atoms with Crippen molar-refractivity contribution in [2.75, 3.05) is 18.0 Å². The lowest BCUT2D eigenvalue weighted by Crippen LogP contribution is -2.33. The maximum absolute atomic E-state index is 12.5. The van der Waals surface area contributed by atoms with Gasteiger partial charge >= 0.3 is 6.18 Å². The first kappa shape index (κ1) is 12.2. The molecule has 0 N–H and O–H groups in total. The van der Waals surface area contributed by atoms with Crippen molar-refractivity contribution in [2.24, 2.45) is 5.92 Å². The van der Waals surface area contributed by atoms with Crippen LogP contribution in [0.4, 0.5) is 19.0 Å². The lowest BCUT2D eigenvalue weighted by Gasteiger charge is -2.31. The van der Waals surface area contributed by atoms with E-state index in [1.807, 2.05) is 4.90 Å². The summed E-state index contributed by atoms with van der Waals surface area (Å²) >= 11 is 0. The van der Waals surface area contributed by atoms with Crippen LogP contribution in [-0.2, 0) is 6.18 Å². The SMILES string of the molecule is CC1CCN(c2cccc(C(F)(F)F)n2)CC1. The van der Waals surface area contributed by atoms with E-state index in [0.717, 1.165) is 32.0 Å². The highest BCUT2D eigenvalue weighted by Crippen LogP contribution is 2.29. The Balaban J connectivity index is 2.16. The maximum Gasteiger partial charge on any atom is 0.433 e. The van der Waals surface area contributed by atoms with Crippen LogP contribution >= 0.6 is 0 Å². The summed E-state index contributed by atoms with van der Waals surface area (Å²) in [5.41, 5.74) is -0.811. The Morgan fingerprint density at radius 3 is 2.47 bits per heavy atom. The van der Waals surface area contributed by atoms with Gasteiger partial charge in [0.15, 0.2) is 0 Å². The second-order valence-electron chi connectivity index (χ2n) is 4.55. The van der Waals surface area contributed by atoms with Gasteiger partial charge in [0, 0.05) is 13.1 Å². The fourth-order valence-corrected chi connectivity index (χ4v) is 1.99. The summed E-state index contributed by atoms with van der Waals surface area (Å²) in [4.78, 5) is 5.62. The van der Waals surface area contributed by atoms with Gasteiger partial charge in [-0.15, -0.1) is 0 Å². The van der Waals surface area contributed by atoms with Crippen molar-refractivity contribution in [2.45, 2.75) is 25.9 Å². The molecule has 2 nitrogen and oxygen atoms in total. The maximum atomic E-state index is 12.5. The number of aromatic nitrogens is 1. The number of nitrogens with zero attached hydrogens (tertiary/aromatic N) is 2. The molecular weight excluding hydrogens is 229 g/mol. The second kappa shape index (κ2) is 4.55. The van der Waals surface area contributed by atoms with E-state index < -0.39 is 11.9 Å². The smallest absolute Gasteiger partial charge is 0.357 e. The molecule has 1 aromatic rings. The van der Waals surface area contributed by atoms with Crippen LogP contribution in [0.1, 0.15) is 25.5 Å². The molecule has 0 atom stereocenters. The minimum absolute atomic E-state index is 0.437. The van der Waals surface area contributed by atoms with Crippen molar-refractivity contribution < 1.29 is 13.2 Å². The normalized spacial score (nSPS) is 18.5. The standard InChI is InChI=1S/C12H15F3N2/c1-9-5-7-17(8-6-9)11-4-2-3-10(16-11)12(13,14)15/h2-4,9H,5-8H2,1H3. The Bertz CT molecular complexity index is 382. The van der Waals surface area contributed by atoms with Gasteiger partial charge in [0.05, 0.1) is 0 Å². The quantitative estimate of drug-likeness (QED) is 0.753. The Kier molecular flexibility index (Phi) is 3.26. The van der Waals surface area contributed by atoms with Gasteiger partial charge in [-0.1, -0.05) is 13.0 Å². The van der Waals surface area contributed by atoms with Crippen LogP contribution < -0.4 is 4.90 Å². The number of anilines is 1. The highest BCUT2D eigenvalue weighted by Gasteiger charge is 2.33. The Morgan fingerprint density at radius 1 is 1.24 bits per heavy atom. The van der Waals surface area contributed by atoms with Gasteiger partial charge < -0.3 is 4.90 Å². The van der Waals surface area contributed by atoms with Crippen LogP contribution in [0, 0.1) is 5.92 Å². The van der Waals surface area contributed by atoms with Gasteiger partial charge in [0.25, 0.3) is 0 Å². The average molecular weight is 244 g/mol. The third-order valence-corrected chi connectivity index (χ3v) is 3.13. The molecule has 1 saturated heterocycles. The minimum Gasteiger partial charge on any atom is -0.357 e. The molecule has 1 fully saturated rings. The molecule has 17 heavy (non-hydrogen) atoms. The second-order valence-corrected chi connectivity index (χ2v) is 4.55. The number of rotatable bonds is 1. The van der Waals surface area contributed by atoms with Crippen LogP contribution in [0.3, 0.4) is 0 Å². The van der Waals surface area contributed by atoms with E-state index >= 15 is 0 Å². The van der Waals surface area contributed by atoms with Crippen molar-refractivity contribution in [1.29, 1.82) is 0 Å². The number of hydrogen-bond donors (Lipinski definition) is 0. The topological polar surface area (TPSA) is 16.1 Å². The van der Waals surface area contributed by atoms with E-state index in [0.29, 0.717) is 11.7 Å². The molecule has 2 rings (SSSR count). The first-order valence-corrected chi connectivity index (χ1v) is 5.76. The highest BCUT2D eigenvalue weighted by molar-refractivity contribution is 5.40. The average Bonchev–Trinajstić information content (AvgIpc) is 2.29. The summed E-state index contributed by atoms with van der Waals surface area (Å²) in [5, 5.41) is 0. The lowest BCUT2D eigenvalue weighted by atomic mass is 9.99. The van der Waals surface area contributed by atoms with E-state index in [-0.39, 0.29) is 0 Å². The van der Waals surface area contributed by atoms with Crippen LogP contribution in [0.25, 0.3) is 0 Å². The molecule has 2 heterocycles. The first-order valence-electron chi connectivity index (χ1n) is 5.76. The van der Waals surface area contributed by atoms with Gasteiger partial charge in [-0.3, -0.25) is 0 Å². The molecule has 0 bridgehead atoms. The summed E-state index contributed by atoms with van der Waals surface area (Å²) in [6.45, 7) is 3.74. The van der Waals surface area contributed by atoms with E-state index in [2.05, 4.69) is 11.9 Å². The van der Waals surface area contributed by atoms with Crippen LogP contribution in [0.5, 0.6) is 0 Å². The Labute approximate surface area is 98.5 Å². The molecule has 0 radical (unpaired) electrons. The minimum atomic E-state index is -4.36. The van der Waals surface area contributed by atoms with Gasteiger partial charge in [-0.2, -0.15) is 13.2 Å². The molecule has 0 spiro atoms. The van der Waals surface area contributed by atoms with Crippen molar-refractivity contribution >= 4 is 5.82 Å². The summed E-state index contributed by atoms with van der Waals surface area (Å²) in [6, 6.07) is 4.07. The molecular formula is C12H15F3N2. The fourth-order valence-electron chi connectivity index (χ4n) is 1.99. The van der Waals surface area contributed by atoms with Crippen molar-refractivity contribution in [3.05, 3.63) is 23.9 Å². The van der Waals surface area contributed by atoms with Gasteiger partial charge in [-0.25, -0.2) is 4.98 Å². The van der Waals surface area contributed by atoms with E-state index in [1.54, 1.807) is 6.07 Å². The number of alkyl halides is 3. The molecule has 5 heteroatoms. The highest BCUT2D eigenvalue weighted by atomic mass is 19.4. The summed E-state index contributed by atoms with van der Waals surface area (Å²) in [6.07, 6.45) is -2.34. The van der Waals surface area contributed by atoms with E-state index in [9.17, 15) is 13.2 Å². The largest absolute Gasteiger partial charge is 0.433 e. The Hall–Kier alpha value is -1.26. The number of piperidine rings is 1. The molecule has 0 amide bonds. The molecule has 0 unspecified atom stereocenters.